The van der Waals surface area contributed by atoms with Gasteiger partial charge in [0.1, 0.15) is 12.6 Å². The lowest BCUT2D eigenvalue weighted by Crippen LogP contribution is -2.35. The molecule has 3 aromatic rings. The Morgan fingerprint density at radius 1 is 1.12 bits per heavy atom. The van der Waals surface area contributed by atoms with E-state index in [1.807, 2.05) is 44.2 Å². The van der Waals surface area contributed by atoms with Crippen molar-refractivity contribution < 1.29 is 27.2 Å². The minimum atomic E-state index is -4.42. The summed E-state index contributed by atoms with van der Waals surface area (Å²) in [5.41, 5.74) is 0.579. The normalized spacial score (nSPS) is 13.5. The molecule has 6 nitrogen and oxygen atoms in total. The molecule has 1 heterocycles. The van der Waals surface area contributed by atoms with Gasteiger partial charge in [0.05, 0.1) is 12.2 Å². The van der Waals surface area contributed by atoms with Crippen LogP contribution in [0.25, 0.3) is 11.4 Å². The second kappa shape index (κ2) is 10.4. The number of aromatic nitrogens is 2. The molecule has 2 unspecified atom stereocenters. The highest BCUT2D eigenvalue weighted by molar-refractivity contribution is 5.77. The molecule has 0 aliphatic rings. The van der Waals surface area contributed by atoms with Gasteiger partial charge in [-0.3, -0.25) is 4.79 Å². The number of nitrogens with one attached hydrogen (secondary N) is 1. The predicted octanol–water partition coefficient (Wildman–Crippen LogP) is 5.18. The van der Waals surface area contributed by atoms with Crippen LogP contribution < -0.4 is 5.32 Å². The molecule has 0 spiro atoms. The Labute approximate surface area is 183 Å². The molecule has 9 heteroatoms. The van der Waals surface area contributed by atoms with Gasteiger partial charge in [0.15, 0.2) is 0 Å². The van der Waals surface area contributed by atoms with Crippen LogP contribution in [0.3, 0.4) is 0 Å². The Bertz CT molecular complexity index is 1000. The third-order valence-electron chi connectivity index (χ3n) is 5.05. The minimum Gasteiger partial charge on any atom is -0.367 e. The van der Waals surface area contributed by atoms with E-state index in [4.69, 9.17) is 9.26 Å². The highest BCUT2D eigenvalue weighted by Crippen LogP contribution is 2.31. The SMILES string of the molecule is CCC(C)C(NC(=O)COCc1ccccc1)c1nc(-c2ccc(C(F)(F)F)cc2)no1. The number of rotatable bonds is 9. The number of nitrogens with zero attached hydrogens (tertiary/aromatic N) is 2. The summed E-state index contributed by atoms with van der Waals surface area (Å²) < 4.78 is 49.1. The summed E-state index contributed by atoms with van der Waals surface area (Å²) >= 11 is 0. The molecule has 1 aromatic heterocycles. The standard InChI is InChI=1S/C23H24F3N3O3/c1-3-15(2)20(27-19(30)14-31-13-16-7-5-4-6-8-16)22-28-21(29-32-22)17-9-11-18(12-10-17)23(24,25)26/h4-12,15,20H,3,13-14H2,1-2H3,(H,27,30). The van der Waals surface area contributed by atoms with Crippen LogP contribution in [0.15, 0.2) is 59.1 Å². The first kappa shape index (κ1) is 23.5. The van der Waals surface area contributed by atoms with Crippen LogP contribution in [0, 0.1) is 5.92 Å². The smallest absolute Gasteiger partial charge is 0.367 e. The van der Waals surface area contributed by atoms with Crippen molar-refractivity contribution in [3.63, 3.8) is 0 Å². The van der Waals surface area contributed by atoms with Crippen LogP contribution in [0.4, 0.5) is 13.2 Å². The summed E-state index contributed by atoms with van der Waals surface area (Å²) in [6.07, 6.45) is -3.69. The summed E-state index contributed by atoms with van der Waals surface area (Å²) in [6, 6.07) is 13.4. The quantitative estimate of drug-likeness (QED) is 0.489. The van der Waals surface area contributed by atoms with Crippen molar-refractivity contribution in [1.29, 1.82) is 0 Å². The number of benzene rings is 2. The fourth-order valence-electron chi connectivity index (χ4n) is 3.02. The third-order valence-corrected chi connectivity index (χ3v) is 5.05. The Hall–Kier alpha value is -3.20. The fraction of sp³-hybridized carbons (Fsp3) is 0.348. The van der Waals surface area contributed by atoms with Crippen molar-refractivity contribution in [2.75, 3.05) is 6.61 Å². The molecule has 0 aliphatic heterocycles. The van der Waals surface area contributed by atoms with E-state index in [0.29, 0.717) is 12.2 Å². The Kier molecular flexibility index (Phi) is 7.63. The molecular formula is C23H24F3N3O3. The number of amides is 1. The van der Waals surface area contributed by atoms with Crippen LogP contribution in [-0.4, -0.2) is 22.7 Å². The maximum absolute atomic E-state index is 12.8. The first-order chi connectivity index (χ1) is 15.3. The van der Waals surface area contributed by atoms with Gasteiger partial charge in [-0.2, -0.15) is 18.2 Å². The maximum Gasteiger partial charge on any atom is 0.416 e. The van der Waals surface area contributed by atoms with Crippen LogP contribution in [0.2, 0.25) is 0 Å². The van der Waals surface area contributed by atoms with Gasteiger partial charge in [0.2, 0.25) is 17.6 Å². The monoisotopic (exact) mass is 447 g/mol. The average Bonchev–Trinajstić information content (AvgIpc) is 3.27. The Morgan fingerprint density at radius 3 is 2.44 bits per heavy atom. The van der Waals surface area contributed by atoms with Crippen molar-refractivity contribution >= 4 is 5.91 Å². The third kappa shape index (κ3) is 6.16. The number of ether oxygens (including phenoxy) is 1. The van der Waals surface area contributed by atoms with Crippen molar-refractivity contribution in [1.82, 2.24) is 15.5 Å². The van der Waals surface area contributed by atoms with Gasteiger partial charge >= 0.3 is 6.18 Å². The summed E-state index contributed by atoms with van der Waals surface area (Å²) in [6.45, 7) is 4.06. The van der Waals surface area contributed by atoms with Gasteiger partial charge < -0.3 is 14.6 Å². The van der Waals surface area contributed by atoms with Gasteiger partial charge in [-0.1, -0.05) is 67.9 Å². The number of hydrogen-bond donors (Lipinski definition) is 1. The van der Waals surface area contributed by atoms with E-state index in [9.17, 15) is 18.0 Å². The second-order valence-electron chi connectivity index (χ2n) is 7.44. The summed E-state index contributed by atoms with van der Waals surface area (Å²) in [5, 5.41) is 6.73. The molecule has 32 heavy (non-hydrogen) atoms. The number of halogens is 3. The molecule has 2 aromatic carbocycles. The van der Waals surface area contributed by atoms with Gasteiger partial charge in [-0.25, -0.2) is 0 Å². The van der Waals surface area contributed by atoms with Crippen molar-refractivity contribution in [3.05, 3.63) is 71.6 Å². The lowest BCUT2D eigenvalue weighted by atomic mass is 9.99. The first-order valence-corrected chi connectivity index (χ1v) is 10.2. The van der Waals surface area contributed by atoms with Crippen LogP contribution in [-0.2, 0) is 22.3 Å². The van der Waals surface area contributed by atoms with Gasteiger partial charge in [0.25, 0.3) is 0 Å². The van der Waals surface area contributed by atoms with E-state index in [2.05, 4.69) is 15.5 Å². The first-order valence-electron chi connectivity index (χ1n) is 10.2. The zero-order valence-corrected chi connectivity index (χ0v) is 17.7. The maximum atomic E-state index is 12.8. The van der Waals surface area contributed by atoms with Crippen molar-refractivity contribution in [3.8, 4) is 11.4 Å². The van der Waals surface area contributed by atoms with E-state index in [0.717, 1.165) is 24.1 Å². The lowest BCUT2D eigenvalue weighted by molar-refractivity contribution is -0.137. The Morgan fingerprint density at radius 2 is 1.81 bits per heavy atom. The zero-order chi connectivity index (χ0) is 23.1. The molecule has 0 fully saturated rings. The minimum absolute atomic E-state index is 0.0195. The summed E-state index contributed by atoms with van der Waals surface area (Å²) in [4.78, 5) is 16.7. The molecule has 3 rings (SSSR count). The fourth-order valence-corrected chi connectivity index (χ4v) is 3.02. The molecule has 170 valence electrons. The molecule has 0 saturated heterocycles. The molecule has 0 aliphatic carbocycles. The van der Waals surface area contributed by atoms with E-state index >= 15 is 0 Å². The van der Waals surface area contributed by atoms with Crippen LogP contribution >= 0.6 is 0 Å². The molecule has 0 radical (unpaired) electrons. The highest BCUT2D eigenvalue weighted by Gasteiger charge is 2.30. The topological polar surface area (TPSA) is 77.2 Å². The van der Waals surface area contributed by atoms with Gasteiger partial charge in [-0.15, -0.1) is 0 Å². The van der Waals surface area contributed by atoms with Crippen LogP contribution in [0.5, 0.6) is 0 Å². The number of hydrogen-bond acceptors (Lipinski definition) is 5. The van der Waals surface area contributed by atoms with Crippen molar-refractivity contribution in [2.24, 2.45) is 5.92 Å². The lowest BCUT2D eigenvalue weighted by Gasteiger charge is -2.20. The zero-order valence-electron chi connectivity index (χ0n) is 17.7. The van der Waals surface area contributed by atoms with Crippen molar-refractivity contribution in [2.45, 2.75) is 39.1 Å². The second-order valence-corrected chi connectivity index (χ2v) is 7.44. The van der Waals surface area contributed by atoms with E-state index in [1.54, 1.807) is 0 Å². The number of carbonyl (C=O) groups is 1. The summed E-state index contributed by atoms with van der Waals surface area (Å²) in [5.74, 6) is -0.0169. The largest absolute Gasteiger partial charge is 0.416 e. The Balaban J connectivity index is 1.66. The molecule has 1 amide bonds. The molecule has 2 atom stereocenters. The highest BCUT2D eigenvalue weighted by atomic mass is 19.4. The molecular weight excluding hydrogens is 423 g/mol. The molecule has 0 saturated carbocycles. The van der Waals surface area contributed by atoms with Crippen LogP contribution in [0.1, 0.15) is 43.3 Å². The number of alkyl halides is 3. The van der Waals surface area contributed by atoms with E-state index < -0.39 is 17.8 Å². The van der Waals surface area contributed by atoms with Gasteiger partial charge in [-0.05, 0) is 23.6 Å². The van der Waals surface area contributed by atoms with Gasteiger partial charge in [0, 0.05) is 5.56 Å². The molecule has 0 bridgehead atoms. The number of carbonyl (C=O) groups excluding carboxylic acids is 1. The van der Waals surface area contributed by atoms with E-state index in [-0.39, 0.29) is 30.1 Å². The van der Waals surface area contributed by atoms with E-state index in [1.165, 1.54) is 12.1 Å². The summed E-state index contributed by atoms with van der Waals surface area (Å²) in [7, 11) is 0. The predicted molar refractivity (Wildman–Crippen MR) is 111 cm³/mol. The average molecular weight is 447 g/mol. The molecule has 1 N–H and O–H groups in total.